The van der Waals surface area contributed by atoms with E-state index in [0.29, 0.717) is 5.41 Å². The summed E-state index contributed by atoms with van der Waals surface area (Å²) in [6, 6.07) is 1.86. The van der Waals surface area contributed by atoms with Gasteiger partial charge in [-0.1, -0.05) is 0 Å². The van der Waals surface area contributed by atoms with E-state index < -0.39 is 0 Å². The van der Waals surface area contributed by atoms with Gasteiger partial charge in [-0.25, -0.2) is 9.97 Å². The molecular weight excluding hydrogens is 290 g/mol. The van der Waals surface area contributed by atoms with Gasteiger partial charge in [-0.15, -0.1) is 0 Å². The first kappa shape index (κ1) is 14.5. The van der Waals surface area contributed by atoms with E-state index in [1.807, 2.05) is 24.7 Å². The van der Waals surface area contributed by atoms with E-state index in [9.17, 15) is 0 Å². The smallest absolute Gasteiger partial charge is 0.225 e. The minimum atomic E-state index is 0.270. The van der Waals surface area contributed by atoms with Crippen LogP contribution in [0.25, 0.3) is 0 Å². The molecule has 2 saturated heterocycles. The van der Waals surface area contributed by atoms with Gasteiger partial charge in [0.1, 0.15) is 0 Å². The van der Waals surface area contributed by atoms with Crippen molar-refractivity contribution in [1.29, 1.82) is 0 Å². The molecule has 0 amide bonds. The monoisotopic (exact) mass is 311 g/mol. The van der Waals surface area contributed by atoms with Crippen LogP contribution in [-0.2, 0) is 11.2 Å². The molecule has 1 atom stereocenters. The van der Waals surface area contributed by atoms with Crippen LogP contribution < -0.4 is 4.90 Å². The Morgan fingerprint density at radius 2 is 1.91 bits per heavy atom. The second kappa shape index (κ2) is 6.20. The molecule has 0 bridgehead atoms. The number of hydrogen-bond acceptors (Lipinski definition) is 6. The summed E-state index contributed by atoms with van der Waals surface area (Å²) in [6.45, 7) is 2.87. The fourth-order valence-corrected chi connectivity index (χ4v) is 3.68. The summed E-state index contributed by atoms with van der Waals surface area (Å²) in [6.07, 6.45) is 13.4. The standard InChI is InChI=1S/C17H21N5O/c1-4-20-16(21-5-1)22-8-2-17(3-9-22)11-15(23-13-17)10-14-12-18-6-7-19-14/h1,4-7,12,15H,2-3,8-11,13H2/t15-/m1/s1. The largest absolute Gasteiger partial charge is 0.377 e. The van der Waals surface area contributed by atoms with Crippen molar-refractivity contribution >= 4 is 5.95 Å². The molecule has 4 rings (SSSR count). The molecule has 0 aliphatic carbocycles. The van der Waals surface area contributed by atoms with Crippen molar-refractivity contribution in [1.82, 2.24) is 19.9 Å². The van der Waals surface area contributed by atoms with Crippen LogP contribution in [0, 0.1) is 5.41 Å². The highest BCUT2D eigenvalue weighted by atomic mass is 16.5. The van der Waals surface area contributed by atoms with Gasteiger partial charge in [0.15, 0.2) is 0 Å². The van der Waals surface area contributed by atoms with Crippen molar-refractivity contribution in [2.45, 2.75) is 31.8 Å². The summed E-state index contributed by atoms with van der Waals surface area (Å²) in [5.41, 5.74) is 1.34. The molecule has 0 N–H and O–H groups in total. The molecule has 0 saturated carbocycles. The number of aromatic nitrogens is 4. The summed E-state index contributed by atoms with van der Waals surface area (Å²) in [5, 5.41) is 0. The predicted molar refractivity (Wildman–Crippen MR) is 86.0 cm³/mol. The third kappa shape index (κ3) is 3.17. The molecular formula is C17H21N5O. The lowest BCUT2D eigenvalue weighted by molar-refractivity contribution is 0.0880. The van der Waals surface area contributed by atoms with E-state index in [-0.39, 0.29) is 6.10 Å². The Balaban J connectivity index is 1.35. The molecule has 0 radical (unpaired) electrons. The number of piperidine rings is 1. The van der Waals surface area contributed by atoms with Crippen LogP contribution in [0.4, 0.5) is 5.95 Å². The fourth-order valence-electron chi connectivity index (χ4n) is 3.68. The van der Waals surface area contributed by atoms with Gasteiger partial charge in [-0.2, -0.15) is 0 Å². The Bertz CT molecular complexity index is 628. The molecule has 2 aromatic rings. The fraction of sp³-hybridized carbons (Fsp3) is 0.529. The zero-order chi connectivity index (χ0) is 15.5. The van der Waals surface area contributed by atoms with Gasteiger partial charge < -0.3 is 9.64 Å². The number of nitrogens with zero attached hydrogens (tertiary/aromatic N) is 5. The number of hydrogen-bond donors (Lipinski definition) is 0. The number of anilines is 1. The maximum atomic E-state index is 6.07. The molecule has 0 aromatic carbocycles. The lowest BCUT2D eigenvalue weighted by Crippen LogP contribution is -2.41. The van der Waals surface area contributed by atoms with Crippen LogP contribution in [0.5, 0.6) is 0 Å². The van der Waals surface area contributed by atoms with Crippen LogP contribution in [0.1, 0.15) is 25.0 Å². The van der Waals surface area contributed by atoms with E-state index in [4.69, 9.17) is 4.74 Å². The molecule has 0 unspecified atom stereocenters. The van der Waals surface area contributed by atoms with E-state index in [2.05, 4.69) is 24.8 Å². The molecule has 1 spiro atoms. The highest BCUT2D eigenvalue weighted by molar-refractivity contribution is 5.29. The Labute approximate surface area is 136 Å². The average Bonchev–Trinajstić information content (AvgIpc) is 2.99. The minimum absolute atomic E-state index is 0.270. The van der Waals surface area contributed by atoms with Crippen molar-refractivity contribution in [2.24, 2.45) is 5.41 Å². The van der Waals surface area contributed by atoms with Gasteiger partial charge in [0, 0.05) is 50.5 Å². The maximum absolute atomic E-state index is 6.07. The van der Waals surface area contributed by atoms with Gasteiger partial charge >= 0.3 is 0 Å². The summed E-state index contributed by atoms with van der Waals surface area (Å²) in [5.74, 6) is 0.845. The first-order valence-corrected chi connectivity index (χ1v) is 8.22. The molecule has 2 fully saturated rings. The van der Waals surface area contributed by atoms with Gasteiger partial charge in [0.05, 0.1) is 18.4 Å². The van der Waals surface area contributed by atoms with Crippen molar-refractivity contribution in [2.75, 3.05) is 24.6 Å². The zero-order valence-electron chi connectivity index (χ0n) is 13.1. The van der Waals surface area contributed by atoms with Gasteiger partial charge in [-0.05, 0) is 30.7 Å². The van der Waals surface area contributed by atoms with Crippen molar-refractivity contribution in [3.8, 4) is 0 Å². The lowest BCUT2D eigenvalue weighted by atomic mass is 9.76. The molecule has 6 heteroatoms. The van der Waals surface area contributed by atoms with E-state index >= 15 is 0 Å². The third-order valence-electron chi connectivity index (χ3n) is 5.00. The van der Waals surface area contributed by atoms with Crippen molar-refractivity contribution in [3.05, 3.63) is 42.7 Å². The van der Waals surface area contributed by atoms with Crippen LogP contribution in [0.15, 0.2) is 37.1 Å². The van der Waals surface area contributed by atoms with Crippen LogP contribution in [0.2, 0.25) is 0 Å². The average molecular weight is 311 g/mol. The SMILES string of the molecule is c1cnc(N2CCC3(CC2)CO[C@H](Cc2cnccn2)C3)nc1. The first-order valence-electron chi connectivity index (χ1n) is 8.22. The summed E-state index contributed by atoms with van der Waals surface area (Å²) in [7, 11) is 0. The van der Waals surface area contributed by atoms with Gasteiger partial charge in [-0.3, -0.25) is 9.97 Å². The Morgan fingerprint density at radius 1 is 1.09 bits per heavy atom. The normalized spacial score (nSPS) is 23.3. The molecule has 4 heterocycles. The Hall–Kier alpha value is -2.08. The lowest BCUT2D eigenvalue weighted by Gasteiger charge is -2.38. The second-order valence-electron chi connectivity index (χ2n) is 6.57. The van der Waals surface area contributed by atoms with E-state index in [1.54, 1.807) is 12.4 Å². The van der Waals surface area contributed by atoms with Crippen LogP contribution in [0.3, 0.4) is 0 Å². The van der Waals surface area contributed by atoms with Crippen LogP contribution >= 0.6 is 0 Å². The molecule has 2 aliphatic rings. The Morgan fingerprint density at radius 3 is 2.65 bits per heavy atom. The highest BCUT2D eigenvalue weighted by Gasteiger charge is 2.42. The minimum Gasteiger partial charge on any atom is -0.377 e. The summed E-state index contributed by atoms with van der Waals surface area (Å²) < 4.78 is 6.07. The topological polar surface area (TPSA) is 64.0 Å². The van der Waals surface area contributed by atoms with Crippen molar-refractivity contribution < 1.29 is 4.74 Å². The zero-order valence-corrected chi connectivity index (χ0v) is 13.1. The van der Waals surface area contributed by atoms with E-state index in [1.165, 1.54) is 0 Å². The quantitative estimate of drug-likeness (QED) is 0.862. The summed E-state index contributed by atoms with van der Waals surface area (Å²) >= 11 is 0. The van der Waals surface area contributed by atoms with E-state index in [0.717, 1.165) is 57.0 Å². The molecule has 2 aliphatic heterocycles. The first-order chi connectivity index (χ1) is 11.3. The highest BCUT2D eigenvalue weighted by Crippen LogP contribution is 2.42. The molecule has 2 aromatic heterocycles. The molecule has 120 valence electrons. The van der Waals surface area contributed by atoms with Crippen LogP contribution in [-0.4, -0.2) is 45.7 Å². The Kier molecular flexibility index (Phi) is 3.91. The maximum Gasteiger partial charge on any atom is 0.225 e. The number of ether oxygens (including phenoxy) is 1. The number of rotatable bonds is 3. The summed E-state index contributed by atoms with van der Waals surface area (Å²) in [4.78, 5) is 19.5. The predicted octanol–water partition coefficient (Wildman–Crippen LogP) is 1.88. The molecule has 6 nitrogen and oxygen atoms in total. The van der Waals surface area contributed by atoms with Gasteiger partial charge in [0.25, 0.3) is 0 Å². The van der Waals surface area contributed by atoms with Crippen molar-refractivity contribution in [3.63, 3.8) is 0 Å². The molecule has 23 heavy (non-hydrogen) atoms. The second-order valence-corrected chi connectivity index (χ2v) is 6.57. The third-order valence-corrected chi connectivity index (χ3v) is 5.00. The van der Waals surface area contributed by atoms with Gasteiger partial charge in [0.2, 0.25) is 5.95 Å².